The lowest BCUT2D eigenvalue weighted by atomic mass is 9.78. The summed E-state index contributed by atoms with van der Waals surface area (Å²) < 4.78 is 25.0. The fraction of sp³-hybridized carbons (Fsp3) is 0.677. The molecule has 0 saturated heterocycles. The van der Waals surface area contributed by atoms with Crippen molar-refractivity contribution in [3.05, 3.63) is 47.4 Å². The van der Waals surface area contributed by atoms with Crippen LogP contribution < -0.4 is 5.43 Å². The second-order valence-corrected chi connectivity index (χ2v) is 9.01. The molecule has 0 aromatic heterocycles. The molecule has 1 aliphatic rings. The molecule has 0 amide bonds. The summed E-state index contributed by atoms with van der Waals surface area (Å²) in [4.78, 5) is 12.4. The van der Waals surface area contributed by atoms with Gasteiger partial charge in [-0.25, -0.2) is 13.8 Å². The predicted octanol–water partition coefficient (Wildman–Crippen LogP) is 9.08. The van der Waals surface area contributed by atoms with E-state index in [2.05, 4.69) is 31.2 Å². The largest absolute Gasteiger partial charge is 0.307 e. The summed E-state index contributed by atoms with van der Waals surface area (Å²) in [7, 11) is 5.65. The van der Waals surface area contributed by atoms with Gasteiger partial charge in [-0.2, -0.15) is 0 Å². The van der Waals surface area contributed by atoms with Crippen LogP contribution in [0.15, 0.2) is 52.3 Å². The third-order valence-corrected chi connectivity index (χ3v) is 5.63. The summed E-state index contributed by atoms with van der Waals surface area (Å²) in [6.45, 7) is 22.0. The summed E-state index contributed by atoms with van der Waals surface area (Å²) in [5.41, 5.74) is 6.35. The average Bonchev–Trinajstić information content (AvgIpc) is 2.84. The Morgan fingerprint density at radius 3 is 1.86 bits per heavy atom. The lowest BCUT2D eigenvalue weighted by Gasteiger charge is -2.30. The molecule has 1 fully saturated rings. The van der Waals surface area contributed by atoms with E-state index in [1.165, 1.54) is 12.5 Å². The van der Waals surface area contributed by atoms with E-state index in [-0.39, 0.29) is 0 Å². The maximum Gasteiger partial charge on any atom is 0.138 e. The lowest BCUT2D eigenvalue weighted by Crippen LogP contribution is -2.39. The van der Waals surface area contributed by atoms with Crippen molar-refractivity contribution in [3.63, 3.8) is 0 Å². The molecule has 6 heteroatoms. The number of hydrazine groups is 1. The fourth-order valence-electron chi connectivity index (χ4n) is 3.08. The van der Waals surface area contributed by atoms with Gasteiger partial charge in [-0.05, 0) is 81.1 Å². The number of halogens is 2. The van der Waals surface area contributed by atoms with E-state index >= 15 is 0 Å². The Kier molecular flexibility index (Phi) is 32.4. The van der Waals surface area contributed by atoms with Crippen molar-refractivity contribution in [2.45, 2.75) is 101 Å². The Bertz CT molecular complexity index is 674. The molecule has 218 valence electrons. The molecule has 0 bridgehead atoms. The minimum Gasteiger partial charge on any atom is -0.307 e. The van der Waals surface area contributed by atoms with Crippen molar-refractivity contribution < 1.29 is 13.6 Å². The van der Waals surface area contributed by atoms with E-state index in [1.54, 1.807) is 14.0 Å². The number of aliphatic imine (C=N–C) groups is 1. The first-order valence-electron chi connectivity index (χ1n) is 13.7. The molecule has 1 saturated carbocycles. The highest BCUT2D eigenvalue weighted by atomic mass is 19.1. The van der Waals surface area contributed by atoms with Gasteiger partial charge in [-0.1, -0.05) is 72.6 Å². The molecule has 4 nitrogen and oxygen atoms in total. The summed E-state index contributed by atoms with van der Waals surface area (Å²) in [6.07, 6.45) is 11.8. The second-order valence-electron chi connectivity index (χ2n) is 9.01. The Morgan fingerprint density at radius 2 is 1.59 bits per heavy atom. The zero-order valence-electron chi connectivity index (χ0n) is 26.3. The lowest BCUT2D eigenvalue weighted by molar-refractivity contribution is -0.0980. The highest BCUT2D eigenvalue weighted by Gasteiger charge is 2.25. The maximum atomic E-state index is 12.7. The van der Waals surface area contributed by atoms with Crippen molar-refractivity contribution in [3.8, 4) is 0 Å². The molecule has 1 N–H and O–H groups in total. The van der Waals surface area contributed by atoms with E-state index < -0.39 is 6.17 Å². The molecule has 0 heterocycles. The SMILES string of the molecule is C=O.CC.CC.CC(F)CC(C)C(C)C.C\C=C(C)/C=C(\C=C\F)/C=C(/C(=NC)NN(C)C)C1CCC1. The molecule has 0 aliphatic heterocycles. The smallest absolute Gasteiger partial charge is 0.138 e. The van der Waals surface area contributed by atoms with Crippen LogP contribution in [0.2, 0.25) is 0 Å². The zero-order chi connectivity index (χ0) is 30.0. The molecule has 0 aromatic carbocycles. The van der Waals surface area contributed by atoms with Gasteiger partial charge in [0.05, 0.1) is 12.5 Å². The van der Waals surface area contributed by atoms with Crippen LogP contribution in [-0.2, 0) is 4.79 Å². The topological polar surface area (TPSA) is 44.7 Å². The first kappa shape index (κ1) is 42.0. The number of rotatable bonds is 9. The van der Waals surface area contributed by atoms with Gasteiger partial charge in [0.25, 0.3) is 0 Å². The monoisotopic (exact) mass is 527 g/mol. The van der Waals surface area contributed by atoms with Crippen LogP contribution in [-0.4, -0.2) is 44.9 Å². The molecule has 37 heavy (non-hydrogen) atoms. The number of carbonyl (C=O) groups excluding carboxylic acids is 1. The predicted molar refractivity (Wildman–Crippen MR) is 162 cm³/mol. The quantitative estimate of drug-likeness (QED) is 0.141. The Hall–Kier alpha value is -2.08. The molecule has 0 spiro atoms. The number of amidine groups is 1. The summed E-state index contributed by atoms with van der Waals surface area (Å²) >= 11 is 0. The van der Waals surface area contributed by atoms with Crippen molar-refractivity contribution in [2.75, 3.05) is 21.1 Å². The van der Waals surface area contributed by atoms with Gasteiger partial charge >= 0.3 is 0 Å². The minimum absolute atomic E-state index is 0.494. The third kappa shape index (κ3) is 22.8. The second kappa shape index (κ2) is 28.5. The molecular weight excluding hydrogens is 468 g/mol. The van der Waals surface area contributed by atoms with Crippen LogP contribution in [0.4, 0.5) is 8.78 Å². The van der Waals surface area contributed by atoms with Gasteiger partial charge < -0.3 is 10.2 Å². The number of alkyl halides is 1. The normalized spacial score (nSPS) is 16.1. The van der Waals surface area contributed by atoms with Crippen LogP contribution in [0.25, 0.3) is 0 Å². The van der Waals surface area contributed by atoms with Gasteiger partial charge in [-0.15, -0.1) is 0 Å². The fourth-order valence-corrected chi connectivity index (χ4v) is 3.08. The standard InChI is InChI=1S/C18H28FN3.C8H17F.2C2H6.CH2O/c1-6-14(2)12-15(10-11-19)13-17(16-8-7-9-16)18(20-3)21-22(4)5;1-6(2)7(3)5-8(4)9;3*1-2/h6,10-13,16H,7-9H2,1-5H3,(H,20,21);6-8H,5H2,1-4H3;2*1-2H3;1H2/b11-10+,14-6-,15-12+,17-13+;;;;. The minimum atomic E-state index is -0.637. The Balaban J connectivity index is -0.000000303. The third-order valence-electron chi connectivity index (χ3n) is 5.63. The number of hydrogen-bond acceptors (Lipinski definition) is 3. The van der Waals surface area contributed by atoms with Gasteiger partial charge in [0.1, 0.15) is 12.6 Å². The molecular formula is C31H59F2N3O. The van der Waals surface area contributed by atoms with Crippen LogP contribution in [0.5, 0.6) is 0 Å². The van der Waals surface area contributed by atoms with Crippen molar-refractivity contribution >= 4 is 12.6 Å². The van der Waals surface area contributed by atoms with Gasteiger partial charge in [0, 0.05) is 21.1 Å². The Labute approximate surface area is 229 Å². The van der Waals surface area contributed by atoms with E-state index in [4.69, 9.17) is 4.79 Å². The summed E-state index contributed by atoms with van der Waals surface area (Å²) in [5, 5.41) is 1.88. The molecule has 1 aliphatic carbocycles. The van der Waals surface area contributed by atoms with E-state index in [1.807, 2.05) is 85.7 Å². The van der Waals surface area contributed by atoms with E-state index in [9.17, 15) is 8.78 Å². The molecule has 2 unspecified atom stereocenters. The highest BCUT2D eigenvalue weighted by molar-refractivity contribution is 5.99. The van der Waals surface area contributed by atoms with Crippen molar-refractivity contribution in [1.82, 2.24) is 10.4 Å². The Morgan fingerprint density at radius 1 is 1.08 bits per heavy atom. The average molecular weight is 528 g/mol. The van der Waals surface area contributed by atoms with Gasteiger partial charge in [0.2, 0.25) is 0 Å². The molecule has 2 atom stereocenters. The number of carbonyl (C=O) groups is 1. The number of nitrogens with one attached hydrogen (secondary N) is 1. The number of nitrogens with zero attached hydrogens (tertiary/aromatic N) is 2. The van der Waals surface area contributed by atoms with Gasteiger partial charge in [0.15, 0.2) is 0 Å². The number of hydrogen-bond donors (Lipinski definition) is 1. The van der Waals surface area contributed by atoms with Gasteiger partial charge in [-0.3, -0.25) is 4.99 Å². The zero-order valence-corrected chi connectivity index (χ0v) is 26.3. The maximum absolute atomic E-state index is 12.7. The first-order valence-corrected chi connectivity index (χ1v) is 13.7. The van der Waals surface area contributed by atoms with Crippen molar-refractivity contribution in [2.24, 2.45) is 22.7 Å². The number of allylic oxidation sites excluding steroid dienone is 6. The summed E-state index contributed by atoms with van der Waals surface area (Å²) in [5.74, 6) is 2.48. The molecule has 0 radical (unpaired) electrons. The summed E-state index contributed by atoms with van der Waals surface area (Å²) in [6, 6.07) is 0. The molecule has 0 aromatic rings. The van der Waals surface area contributed by atoms with Crippen LogP contribution in [0.3, 0.4) is 0 Å². The van der Waals surface area contributed by atoms with Crippen LogP contribution in [0.1, 0.15) is 94.9 Å². The highest BCUT2D eigenvalue weighted by Crippen LogP contribution is 2.34. The van der Waals surface area contributed by atoms with E-state index in [0.717, 1.165) is 35.4 Å². The van der Waals surface area contributed by atoms with Crippen LogP contribution in [0, 0.1) is 17.8 Å². The van der Waals surface area contributed by atoms with Crippen molar-refractivity contribution in [1.29, 1.82) is 0 Å². The van der Waals surface area contributed by atoms with E-state index in [0.29, 0.717) is 30.5 Å². The molecule has 1 rings (SSSR count). The first-order chi connectivity index (χ1) is 17.5. The van der Waals surface area contributed by atoms with Crippen LogP contribution >= 0.6 is 0 Å².